The van der Waals surface area contributed by atoms with Crippen LogP contribution in [0.2, 0.25) is 0 Å². The lowest BCUT2D eigenvalue weighted by atomic mass is 10.1. The summed E-state index contributed by atoms with van der Waals surface area (Å²) in [4.78, 5) is 0. The minimum Gasteiger partial charge on any atom is -0.396 e. The highest BCUT2D eigenvalue weighted by molar-refractivity contribution is 7.90. The molecule has 2 fully saturated rings. The van der Waals surface area contributed by atoms with Crippen molar-refractivity contribution >= 4 is 10.0 Å². The van der Waals surface area contributed by atoms with Gasteiger partial charge in [0.2, 0.25) is 10.0 Å². The summed E-state index contributed by atoms with van der Waals surface area (Å²) in [7, 11) is -3.25. The third-order valence-corrected chi connectivity index (χ3v) is 5.80. The average molecular weight is 263 g/mol. The molecule has 1 saturated heterocycles. The Morgan fingerprint density at radius 1 is 1.18 bits per heavy atom. The van der Waals surface area contributed by atoms with E-state index in [-0.39, 0.29) is 23.8 Å². The zero-order valence-corrected chi connectivity index (χ0v) is 10.8. The van der Waals surface area contributed by atoms with Crippen LogP contribution in [0.1, 0.15) is 32.1 Å². The van der Waals surface area contributed by atoms with Gasteiger partial charge in [-0.2, -0.15) is 0 Å². The van der Waals surface area contributed by atoms with Crippen molar-refractivity contribution in [1.82, 2.24) is 4.72 Å². The van der Waals surface area contributed by atoms with Gasteiger partial charge >= 0.3 is 0 Å². The number of hydrogen-bond donors (Lipinski definition) is 2. The predicted octanol–water partition coefficient (Wildman–Crippen LogP) is 0.246. The molecule has 0 bridgehead atoms. The first-order valence-corrected chi connectivity index (χ1v) is 7.88. The summed E-state index contributed by atoms with van der Waals surface area (Å²) in [6, 6.07) is -0.0761. The van der Waals surface area contributed by atoms with Gasteiger partial charge in [0.1, 0.15) is 0 Å². The lowest BCUT2D eigenvalue weighted by Gasteiger charge is -2.26. The Hall–Kier alpha value is -0.170. The van der Waals surface area contributed by atoms with Crippen LogP contribution in [0.3, 0.4) is 0 Å². The number of sulfonamides is 1. The maximum atomic E-state index is 12.2. The Morgan fingerprint density at radius 2 is 1.88 bits per heavy atom. The Bertz CT molecular complexity index is 337. The third-order valence-electron chi connectivity index (χ3n) is 3.82. The molecule has 0 spiro atoms. The summed E-state index contributed by atoms with van der Waals surface area (Å²) in [6.45, 7) is 1.13. The maximum Gasteiger partial charge on any atom is 0.214 e. The first-order chi connectivity index (χ1) is 8.13. The molecule has 0 aromatic carbocycles. The summed E-state index contributed by atoms with van der Waals surface area (Å²) >= 11 is 0. The molecule has 17 heavy (non-hydrogen) atoms. The van der Waals surface area contributed by atoms with Gasteiger partial charge in [0.05, 0.1) is 5.25 Å². The molecule has 0 aromatic heterocycles. The lowest BCUT2D eigenvalue weighted by molar-refractivity contribution is 0.0979. The standard InChI is InChI=1S/C11H21NO4S/c13-8-9-2-1-3-11(9)12-17(14,15)10-4-6-16-7-5-10/h9-13H,1-8H2. The van der Waals surface area contributed by atoms with Crippen molar-refractivity contribution in [3.63, 3.8) is 0 Å². The number of aliphatic hydroxyl groups excluding tert-OH is 1. The van der Waals surface area contributed by atoms with Gasteiger partial charge in [-0.25, -0.2) is 13.1 Å². The number of hydrogen-bond acceptors (Lipinski definition) is 4. The second-order valence-electron chi connectivity index (χ2n) is 4.95. The van der Waals surface area contributed by atoms with E-state index in [0.717, 1.165) is 19.3 Å². The summed E-state index contributed by atoms with van der Waals surface area (Å²) in [5.41, 5.74) is 0. The van der Waals surface area contributed by atoms with Crippen molar-refractivity contribution in [2.45, 2.75) is 43.4 Å². The Labute approximate surface area is 103 Å². The van der Waals surface area contributed by atoms with Crippen LogP contribution < -0.4 is 4.72 Å². The van der Waals surface area contributed by atoms with Gasteiger partial charge in [-0.3, -0.25) is 0 Å². The quantitative estimate of drug-likeness (QED) is 0.762. The van der Waals surface area contributed by atoms with Crippen LogP contribution in [-0.4, -0.2) is 44.6 Å². The molecule has 0 radical (unpaired) electrons. The van der Waals surface area contributed by atoms with Gasteiger partial charge in [-0.05, 0) is 31.6 Å². The van der Waals surface area contributed by atoms with Gasteiger partial charge in [-0.1, -0.05) is 6.42 Å². The normalized spacial score (nSPS) is 31.8. The lowest BCUT2D eigenvalue weighted by Crippen LogP contribution is -2.45. The van der Waals surface area contributed by atoms with Crippen LogP contribution in [0.15, 0.2) is 0 Å². The summed E-state index contributed by atoms with van der Waals surface area (Å²) < 4.78 is 32.3. The Kier molecular flexibility index (Phi) is 4.41. The molecular formula is C11H21NO4S. The van der Waals surface area contributed by atoms with Crippen molar-refractivity contribution in [2.24, 2.45) is 5.92 Å². The van der Waals surface area contributed by atoms with Crippen molar-refractivity contribution in [3.05, 3.63) is 0 Å². The van der Waals surface area contributed by atoms with Gasteiger partial charge in [0.25, 0.3) is 0 Å². The third kappa shape index (κ3) is 3.19. The van der Waals surface area contributed by atoms with E-state index < -0.39 is 10.0 Å². The van der Waals surface area contributed by atoms with E-state index in [0.29, 0.717) is 26.1 Å². The van der Waals surface area contributed by atoms with Crippen LogP contribution >= 0.6 is 0 Å². The zero-order valence-electron chi connectivity index (χ0n) is 9.97. The van der Waals surface area contributed by atoms with Gasteiger partial charge in [-0.15, -0.1) is 0 Å². The molecule has 1 aliphatic heterocycles. The maximum absolute atomic E-state index is 12.2. The SMILES string of the molecule is O=S(=O)(NC1CCCC1CO)C1CCOCC1. The van der Waals surface area contributed by atoms with E-state index in [1.807, 2.05) is 0 Å². The number of aliphatic hydroxyl groups is 1. The van der Waals surface area contributed by atoms with Gasteiger partial charge in [0.15, 0.2) is 0 Å². The fraction of sp³-hybridized carbons (Fsp3) is 1.00. The van der Waals surface area contributed by atoms with E-state index in [2.05, 4.69) is 4.72 Å². The second kappa shape index (κ2) is 5.65. The number of nitrogens with one attached hydrogen (secondary N) is 1. The minimum atomic E-state index is -3.25. The topological polar surface area (TPSA) is 75.6 Å². The monoisotopic (exact) mass is 263 g/mol. The van der Waals surface area contributed by atoms with E-state index >= 15 is 0 Å². The summed E-state index contributed by atoms with van der Waals surface area (Å²) in [5.74, 6) is 0.0876. The zero-order chi connectivity index (χ0) is 12.3. The van der Waals surface area contributed by atoms with Gasteiger partial charge < -0.3 is 9.84 Å². The fourth-order valence-corrected chi connectivity index (χ4v) is 4.44. The van der Waals surface area contributed by atoms with E-state index in [1.54, 1.807) is 0 Å². The molecule has 2 rings (SSSR count). The second-order valence-corrected chi connectivity index (χ2v) is 6.95. The predicted molar refractivity (Wildman–Crippen MR) is 64.1 cm³/mol. The largest absolute Gasteiger partial charge is 0.396 e. The van der Waals surface area contributed by atoms with Crippen LogP contribution in [0, 0.1) is 5.92 Å². The fourth-order valence-electron chi connectivity index (χ4n) is 2.70. The highest BCUT2D eigenvalue weighted by Crippen LogP contribution is 2.27. The molecule has 2 atom stereocenters. The van der Waals surface area contributed by atoms with E-state index in [4.69, 9.17) is 4.74 Å². The molecule has 1 aliphatic carbocycles. The highest BCUT2D eigenvalue weighted by atomic mass is 32.2. The number of ether oxygens (including phenoxy) is 1. The van der Waals surface area contributed by atoms with Crippen molar-refractivity contribution in [3.8, 4) is 0 Å². The van der Waals surface area contributed by atoms with Crippen LogP contribution in [0.4, 0.5) is 0 Å². The minimum absolute atomic E-state index is 0.0704. The number of rotatable bonds is 4. The molecular weight excluding hydrogens is 242 g/mol. The Balaban J connectivity index is 1.96. The van der Waals surface area contributed by atoms with Crippen molar-refractivity contribution < 1.29 is 18.3 Å². The van der Waals surface area contributed by atoms with Crippen molar-refractivity contribution in [2.75, 3.05) is 19.8 Å². The molecule has 2 N–H and O–H groups in total. The molecule has 1 heterocycles. The summed E-state index contributed by atoms with van der Waals surface area (Å²) in [6.07, 6.45) is 3.90. The van der Waals surface area contributed by atoms with Crippen LogP contribution in [0.25, 0.3) is 0 Å². The van der Waals surface area contributed by atoms with Crippen LogP contribution in [0.5, 0.6) is 0 Å². The molecule has 5 nitrogen and oxygen atoms in total. The van der Waals surface area contributed by atoms with Crippen LogP contribution in [-0.2, 0) is 14.8 Å². The molecule has 1 saturated carbocycles. The highest BCUT2D eigenvalue weighted by Gasteiger charge is 2.34. The molecule has 0 amide bonds. The van der Waals surface area contributed by atoms with Gasteiger partial charge in [0, 0.05) is 25.9 Å². The first kappa shape index (κ1) is 13.3. The van der Waals surface area contributed by atoms with Crippen molar-refractivity contribution in [1.29, 1.82) is 0 Å². The Morgan fingerprint density at radius 3 is 2.53 bits per heavy atom. The first-order valence-electron chi connectivity index (χ1n) is 6.33. The van der Waals surface area contributed by atoms with E-state index in [1.165, 1.54) is 0 Å². The molecule has 100 valence electrons. The molecule has 6 heteroatoms. The summed E-state index contributed by atoms with van der Waals surface area (Å²) in [5, 5.41) is 8.87. The molecule has 0 aromatic rings. The average Bonchev–Trinajstić information content (AvgIpc) is 2.77. The molecule has 2 aliphatic rings. The smallest absolute Gasteiger partial charge is 0.214 e. The molecule has 2 unspecified atom stereocenters. The van der Waals surface area contributed by atoms with E-state index in [9.17, 15) is 13.5 Å².